The van der Waals surface area contributed by atoms with Crippen molar-refractivity contribution in [3.63, 3.8) is 0 Å². The number of hydrogen-bond acceptors (Lipinski definition) is 0. The normalized spacial score (nSPS) is 11.6. The predicted octanol–water partition coefficient (Wildman–Crippen LogP) is 7.46. The van der Waals surface area contributed by atoms with Crippen LogP contribution < -0.4 is 0 Å². The van der Waals surface area contributed by atoms with Crippen LogP contribution in [0.25, 0.3) is 10.8 Å². The van der Waals surface area contributed by atoms with E-state index in [1.54, 1.807) is 11.1 Å². The van der Waals surface area contributed by atoms with E-state index in [9.17, 15) is 0 Å². The van der Waals surface area contributed by atoms with Crippen LogP contribution in [0.5, 0.6) is 0 Å². The second kappa shape index (κ2) is 10.6. The third-order valence-corrected chi connectivity index (χ3v) is 6.27. The number of hydrogen-bond donors (Lipinski definition) is 0. The number of benzene rings is 1. The summed E-state index contributed by atoms with van der Waals surface area (Å²) in [5, 5.41) is 2.94. The number of fused-ring (bicyclic) bond motifs is 2. The number of aryl methyl sites for hydroxylation is 3. The van der Waals surface area contributed by atoms with Crippen molar-refractivity contribution in [3.05, 3.63) is 83.6 Å². The Balaban J connectivity index is 0.000000473. The maximum atomic E-state index is 2.43. The third kappa shape index (κ3) is 4.91. The molecule has 0 atom stereocenters. The van der Waals surface area contributed by atoms with Gasteiger partial charge in [0.15, 0.2) is 0 Å². The zero-order valence-corrected chi connectivity index (χ0v) is 22.2. The van der Waals surface area contributed by atoms with Crippen LogP contribution >= 0.6 is 0 Å². The van der Waals surface area contributed by atoms with Crippen LogP contribution in [0.4, 0.5) is 0 Å². The average Bonchev–Trinajstić information content (AvgIpc) is 3.25. The molecule has 0 bridgehead atoms. The van der Waals surface area contributed by atoms with Crippen molar-refractivity contribution in [2.45, 2.75) is 67.2 Å². The Hall–Kier alpha value is -0.950. The average molecular weight is 527 g/mol. The molecule has 0 N–H and O–H groups in total. The fourth-order valence-electron chi connectivity index (χ4n) is 4.05. The molecule has 0 unspecified atom stereocenters. The van der Waals surface area contributed by atoms with E-state index < -0.39 is 0 Å². The Labute approximate surface area is 186 Å². The minimum absolute atomic E-state index is 0. The van der Waals surface area contributed by atoms with Gasteiger partial charge in [-0.25, -0.2) is 0 Å². The van der Waals surface area contributed by atoms with Crippen LogP contribution in [-0.4, -0.2) is 0 Å². The molecular formula is C26H36Hf. The van der Waals surface area contributed by atoms with E-state index in [-0.39, 0.29) is 40.7 Å². The molecular weight excluding hydrogens is 491 g/mol. The van der Waals surface area contributed by atoms with Crippen LogP contribution in [0.2, 0.25) is 0 Å². The molecule has 1 aliphatic carbocycles. The van der Waals surface area contributed by atoms with Crippen LogP contribution in [0.1, 0.15) is 57.9 Å². The van der Waals surface area contributed by atoms with Crippen LogP contribution in [-0.2, 0) is 45.1 Å². The molecule has 0 spiro atoms. The van der Waals surface area contributed by atoms with Crippen LogP contribution in [0.15, 0.2) is 24.3 Å². The fraction of sp³-hybridized carbons (Fsp3) is 0.385. The van der Waals surface area contributed by atoms with Gasteiger partial charge in [-0.2, -0.15) is 33.9 Å². The van der Waals surface area contributed by atoms with E-state index in [4.69, 9.17) is 0 Å². The van der Waals surface area contributed by atoms with Gasteiger partial charge in [0, 0.05) is 0 Å². The summed E-state index contributed by atoms with van der Waals surface area (Å²) in [7, 11) is 0. The van der Waals surface area contributed by atoms with Gasteiger partial charge in [-0.3, -0.25) is 0 Å². The largest absolute Gasteiger partial charge is 4.00 e. The van der Waals surface area contributed by atoms with E-state index >= 15 is 0 Å². The maximum Gasteiger partial charge on any atom is 4.00 e. The quantitative estimate of drug-likeness (QED) is 0.228. The van der Waals surface area contributed by atoms with Crippen molar-refractivity contribution in [1.82, 2.24) is 0 Å². The minimum atomic E-state index is 0. The van der Waals surface area contributed by atoms with Crippen LogP contribution in [0, 0.1) is 49.5 Å². The monoisotopic (exact) mass is 528 g/mol. The molecule has 0 nitrogen and oxygen atoms in total. The van der Waals surface area contributed by atoms with E-state index in [1.807, 2.05) is 0 Å². The van der Waals surface area contributed by atoms with Gasteiger partial charge in [-0.15, -0.1) is 34.5 Å². The summed E-state index contributed by atoms with van der Waals surface area (Å²) in [6.45, 7) is 13.2. The summed E-state index contributed by atoms with van der Waals surface area (Å²) in [6.07, 6.45) is 5.09. The third-order valence-electron chi connectivity index (χ3n) is 6.27. The summed E-state index contributed by atoms with van der Waals surface area (Å²) in [5.74, 6) is 0. The standard InChI is InChI=1S/C14H15.C10H15.2CH3.Hf/c1-2-10-6-7-13-8-11-4-3-5-12(11)9-14(10)13;1-6-7(2)9(4)10(5)8(6)3;;;/h6-9H,2-5H2,1H3;1-5H3;2*1H3;/q4*-1;+4. The molecule has 3 aromatic rings. The minimum Gasteiger partial charge on any atom is -0.358 e. The zero-order valence-electron chi connectivity index (χ0n) is 18.6. The molecule has 0 heterocycles. The van der Waals surface area contributed by atoms with Gasteiger partial charge in [0.1, 0.15) is 0 Å². The summed E-state index contributed by atoms with van der Waals surface area (Å²) in [6, 6.07) is 9.37. The Morgan fingerprint density at radius 2 is 1.41 bits per heavy atom. The molecule has 4 rings (SSSR count). The molecule has 0 radical (unpaired) electrons. The first-order valence-electron chi connectivity index (χ1n) is 9.33. The molecule has 0 fully saturated rings. The van der Waals surface area contributed by atoms with Crippen molar-refractivity contribution in [2.24, 2.45) is 0 Å². The van der Waals surface area contributed by atoms with Gasteiger partial charge in [0.2, 0.25) is 0 Å². The zero-order chi connectivity index (χ0) is 17.4. The van der Waals surface area contributed by atoms with Crippen molar-refractivity contribution >= 4 is 10.8 Å². The smallest absolute Gasteiger partial charge is 0.358 e. The van der Waals surface area contributed by atoms with Crippen molar-refractivity contribution in [3.8, 4) is 0 Å². The summed E-state index contributed by atoms with van der Waals surface area (Å²) in [4.78, 5) is 0. The van der Waals surface area contributed by atoms with Crippen molar-refractivity contribution in [2.75, 3.05) is 0 Å². The van der Waals surface area contributed by atoms with E-state index in [0.29, 0.717) is 0 Å². The van der Waals surface area contributed by atoms with Crippen molar-refractivity contribution < 1.29 is 25.8 Å². The van der Waals surface area contributed by atoms with Gasteiger partial charge in [0.25, 0.3) is 0 Å². The Morgan fingerprint density at radius 1 is 0.889 bits per heavy atom. The van der Waals surface area contributed by atoms with E-state index in [1.165, 1.54) is 63.4 Å². The topological polar surface area (TPSA) is 0 Å². The molecule has 0 aliphatic heterocycles. The second-order valence-corrected chi connectivity index (χ2v) is 7.40. The Kier molecular flexibility index (Phi) is 10.2. The van der Waals surface area contributed by atoms with Crippen LogP contribution in [0.3, 0.4) is 0 Å². The van der Waals surface area contributed by atoms with Gasteiger partial charge in [-0.05, 0) is 19.3 Å². The first kappa shape index (κ1) is 26.1. The molecule has 1 heteroatoms. The molecule has 0 saturated heterocycles. The Bertz CT molecular complexity index is 793. The molecule has 0 saturated carbocycles. The fourth-order valence-corrected chi connectivity index (χ4v) is 4.05. The van der Waals surface area contributed by atoms with Gasteiger partial charge in [-0.1, -0.05) is 59.1 Å². The maximum absolute atomic E-state index is 2.43. The number of rotatable bonds is 1. The molecule has 27 heavy (non-hydrogen) atoms. The summed E-state index contributed by atoms with van der Waals surface area (Å²) < 4.78 is 0. The van der Waals surface area contributed by atoms with Crippen molar-refractivity contribution in [1.29, 1.82) is 0 Å². The summed E-state index contributed by atoms with van der Waals surface area (Å²) >= 11 is 0. The Morgan fingerprint density at radius 3 is 1.85 bits per heavy atom. The first-order chi connectivity index (χ1) is 11.4. The van der Waals surface area contributed by atoms with Gasteiger partial charge in [0.05, 0.1) is 0 Å². The van der Waals surface area contributed by atoms with E-state index in [0.717, 1.165) is 6.42 Å². The molecule has 0 aromatic heterocycles. The van der Waals surface area contributed by atoms with Gasteiger partial charge >= 0.3 is 25.8 Å². The molecule has 3 aromatic carbocycles. The van der Waals surface area contributed by atoms with Gasteiger partial charge < -0.3 is 14.9 Å². The molecule has 0 amide bonds. The molecule has 144 valence electrons. The SMILES string of the molecule is CC[c-]1ccc2cc3c(cc21)CCC3.Cc1c(C)c(C)[c-](C)c1C.[CH3-].[CH3-].[Hf+4]. The summed E-state index contributed by atoms with van der Waals surface area (Å²) in [5.41, 5.74) is 12.0. The first-order valence-corrected chi connectivity index (χ1v) is 9.33. The van der Waals surface area contributed by atoms with E-state index in [2.05, 4.69) is 65.8 Å². The second-order valence-electron chi connectivity index (χ2n) is 7.40. The molecule has 1 aliphatic rings. The predicted molar refractivity (Wildman–Crippen MR) is 119 cm³/mol.